The van der Waals surface area contributed by atoms with Crippen molar-refractivity contribution in [3.8, 4) is 0 Å². The summed E-state index contributed by atoms with van der Waals surface area (Å²) in [5.74, 6) is 0.423. The number of benzene rings is 1. The first-order chi connectivity index (χ1) is 9.36. The molecule has 0 amide bonds. The molecule has 1 aromatic carbocycles. The lowest BCUT2D eigenvalue weighted by Gasteiger charge is -2.19. The summed E-state index contributed by atoms with van der Waals surface area (Å²) >= 11 is 6.39. The zero-order chi connectivity index (χ0) is 14.8. The lowest BCUT2D eigenvalue weighted by atomic mass is 9.87. The number of thioether (sulfide) groups is 1. The van der Waals surface area contributed by atoms with Crippen LogP contribution in [0.1, 0.15) is 36.7 Å². The lowest BCUT2D eigenvalue weighted by Crippen LogP contribution is -2.20. The number of carbonyl (C=O) groups excluding carboxylic acids is 1. The van der Waals surface area contributed by atoms with Crippen LogP contribution < -0.4 is 0 Å². The van der Waals surface area contributed by atoms with Gasteiger partial charge in [0.1, 0.15) is 12.7 Å². The Bertz CT molecular complexity index is 503. The predicted octanol–water partition coefficient (Wildman–Crippen LogP) is 3.56. The molecule has 20 heavy (non-hydrogen) atoms. The van der Waals surface area contributed by atoms with Gasteiger partial charge < -0.3 is 9.47 Å². The molecule has 1 atom stereocenters. The number of hydrogen-bond acceptors (Lipinski definition) is 5. The molecular formula is C15H18O3S2. The molecule has 0 aromatic heterocycles. The first-order valence-electron chi connectivity index (χ1n) is 6.47. The maximum absolute atomic E-state index is 11.9. The van der Waals surface area contributed by atoms with Crippen LogP contribution >= 0.6 is 24.0 Å². The molecule has 0 spiro atoms. The summed E-state index contributed by atoms with van der Waals surface area (Å²) in [4.78, 5) is 11.9. The summed E-state index contributed by atoms with van der Waals surface area (Å²) in [5.41, 5.74) is 1.83. The quantitative estimate of drug-likeness (QED) is 0.630. The second kappa shape index (κ2) is 6.14. The Balaban J connectivity index is 1.91. The van der Waals surface area contributed by atoms with E-state index >= 15 is 0 Å². The summed E-state index contributed by atoms with van der Waals surface area (Å²) in [6, 6.07) is 7.54. The van der Waals surface area contributed by atoms with Crippen LogP contribution in [0.25, 0.3) is 0 Å². The molecular weight excluding hydrogens is 292 g/mol. The number of ether oxygens (including phenoxy) is 2. The summed E-state index contributed by atoms with van der Waals surface area (Å²) in [5, 5.41) is 0. The van der Waals surface area contributed by atoms with Crippen molar-refractivity contribution in [2.45, 2.75) is 32.3 Å². The van der Waals surface area contributed by atoms with Gasteiger partial charge in [0.2, 0.25) is 4.38 Å². The second-order valence-corrected chi connectivity index (χ2v) is 7.35. The minimum Gasteiger partial charge on any atom is -0.471 e. The fourth-order valence-electron chi connectivity index (χ4n) is 1.81. The van der Waals surface area contributed by atoms with Crippen molar-refractivity contribution in [1.29, 1.82) is 0 Å². The van der Waals surface area contributed by atoms with Crippen LogP contribution in [0.4, 0.5) is 0 Å². The average Bonchev–Trinajstić information content (AvgIpc) is 2.81. The van der Waals surface area contributed by atoms with E-state index in [1.165, 1.54) is 17.3 Å². The normalized spacial score (nSPS) is 18.8. The van der Waals surface area contributed by atoms with E-state index in [-0.39, 0.29) is 24.1 Å². The van der Waals surface area contributed by atoms with Gasteiger partial charge in [-0.3, -0.25) is 0 Å². The summed E-state index contributed by atoms with van der Waals surface area (Å²) < 4.78 is 11.1. The lowest BCUT2D eigenvalue weighted by molar-refractivity contribution is 0.0352. The number of thiocarbonyl (C=S) groups is 1. The van der Waals surface area contributed by atoms with Crippen LogP contribution in [0.3, 0.4) is 0 Å². The predicted molar refractivity (Wildman–Crippen MR) is 85.4 cm³/mol. The summed E-state index contributed by atoms with van der Waals surface area (Å²) in [6.07, 6.45) is -0.120. The van der Waals surface area contributed by atoms with Crippen molar-refractivity contribution in [3.63, 3.8) is 0 Å². The molecule has 1 aliphatic rings. The van der Waals surface area contributed by atoms with Crippen LogP contribution in [0.2, 0.25) is 0 Å². The van der Waals surface area contributed by atoms with Gasteiger partial charge in [-0.25, -0.2) is 4.79 Å². The first kappa shape index (κ1) is 15.3. The monoisotopic (exact) mass is 310 g/mol. The topological polar surface area (TPSA) is 35.5 Å². The van der Waals surface area contributed by atoms with E-state index < -0.39 is 0 Å². The molecule has 0 saturated carbocycles. The molecule has 0 bridgehead atoms. The van der Waals surface area contributed by atoms with E-state index in [0.717, 1.165) is 5.75 Å². The number of hydrogen-bond donors (Lipinski definition) is 0. The highest BCUT2D eigenvalue weighted by molar-refractivity contribution is 8.22. The van der Waals surface area contributed by atoms with E-state index in [1.54, 1.807) is 12.1 Å². The molecule has 0 radical (unpaired) electrons. The van der Waals surface area contributed by atoms with Crippen molar-refractivity contribution in [3.05, 3.63) is 35.4 Å². The molecule has 1 unspecified atom stereocenters. The van der Waals surface area contributed by atoms with Crippen molar-refractivity contribution in [2.75, 3.05) is 12.4 Å². The van der Waals surface area contributed by atoms with Crippen LogP contribution in [0, 0.1) is 0 Å². The molecule has 1 saturated heterocycles. The zero-order valence-corrected chi connectivity index (χ0v) is 13.5. The average molecular weight is 310 g/mol. The van der Waals surface area contributed by atoms with Crippen LogP contribution in [0.15, 0.2) is 24.3 Å². The Morgan fingerprint density at radius 2 is 2.05 bits per heavy atom. The SMILES string of the molecule is CC(C)(C)c1ccc(C(=O)OCC2CSC(=S)O2)cc1. The molecule has 1 fully saturated rings. The fraction of sp³-hybridized carbons (Fsp3) is 0.467. The largest absolute Gasteiger partial charge is 0.471 e. The molecule has 1 aliphatic heterocycles. The highest BCUT2D eigenvalue weighted by atomic mass is 32.2. The van der Waals surface area contributed by atoms with Crippen LogP contribution in [-0.2, 0) is 14.9 Å². The molecule has 1 aromatic rings. The highest BCUT2D eigenvalue weighted by Crippen LogP contribution is 2.23. The van der Waals surface area contributed by atoms with Gasteiger partial charge in [-0.15, -0.1) is 0 Å². The van der Waals surface area contributed by atoms with E-state index in [9.17, 15) is 4.79 Å². The standard InChI is InChI=1S/C15H18O3S2/c1-15(2,3)11-6-4-10(5-7-11)13(16)17-8-12-9-20-14(19)18-12/h4-7,12H,8-9H2,1-3H3. The Hall–Kier alpha value is -1.07. The number of rotatable bonds is 3. The second-order valence-electron chi connectivity index (χ2n) is 5.73. The molecule has 5 heteroatoms. The van der Waals surface area contributed by atoms with E-state index in [2.05, 4.69) is 20.8 Å². The Morgan fingerprint density at radius 1 is 1.40 bits per heavy atom. The van der Waals surface area contributed by atoms with Gasteiger partial charge in [0.15, 0.2) is 0 Å². The third-order valence-corrected chi connectivity index (χ3v) is 4.36. The zero-order valence-electron chi connectivity index (χ0n) is 11.8. The smallest absolute Gasteiger partial charge is 0.338 e. The number of esters is 1. The summed E-state index contributed by atoms with van der Waals surface area (Å²) in [6.45, 7) is 6.65. The first-order valence-corrected chi connectivity index (χ1v) is 7.87. The van der Waals surface area contributed by atoms with Gasteiger partial charge in [0.25, 0.3) is 0 Å². The minimum atomic E-state index is -0.322. The van der Waals surface area contributed by atoms with E-state index in [1.807, 2.05) is 12.1 Å². The maximum Gasteiger partial charge on any atom is 0.338 e. The number of carbonyl (C=O) groups is 1. The van der Waals surface area contributed by atoms with E-state index in [0.29, 0.717) is 9.95 Å². The van der Waals surface area contributed by atoms with Crippen molar-refractivity contribution < 1.29 is 14.3 Å². The van der Waals surface area contributed by atoms with Crippen LogP contribution in [0.5, 0.6) is 0 Å². The maximum atomic E-state index is 11.9. The van der Waals surface area contributed by atoms with E-state index in [4.69, 9.17) is 21.7 Å². The highest BCUT2D eigenvalue weighted by Gasteiger charge is 2.23. The Morgan fingerprint density at radius 3 is 2.55 bits per heavy atom. The van der Waals surface area contributed by atoms with Crippen molar-refractivity contribution in [1.82, 2.24) is 0 Å². The third kappa shape index (κ3) is 3.96. The molecule has 0 N–H and O–H groups in total. The van der Waals surface area contributed by atoms with Gasteiger partial charge in [-0.05, 0) is 35.3 Å². The minimum absolute atomic E-state index is 0.0764. The third-order valence-electron chi connectivity index (χ3n) is 3.04. The van der Waals surface area contributed by atoms with Gasteiger partial charge in [0.05, 0.1) is 5.56 Å². The van der Waals surface area contributed by atoms with Gasteiger partial charge >= 0.3 is 5.97 Å². The molecule has 2 rings (SSSR count). The van der Waals surface area contributed by atoms with Gasteiger partial charge in [-0.2, -0.15) is 0 Å². The van der Waals surface area contributed by atoms with Gasteiger partial charge in [-0.1, -0.05) is 44.7 Å². The molecule has 108 valence electrons. The molecule has 3 nitrogen and oxygen atoms in total. The Labute approximate surface area is 129 Å². The summed E-state index contributed by atoms with van der Waals surface area (Å²) in [7, 11) is 0. The Kier molecular flexibility index (Phi) is 4.70. The fourth-order valence-corrected chi connectivity index (χ4v) is 2.84. The van der Waals surface area contributed by atoms with Crippen molar-refractivity contribution in [2.24, 2.45) is 0 Å². The molecule has 0 aliphatic carbocycles. The van der Waals surface area contributed by atoms with Gasteiger partial charge in [0, 0.05) is 5.75 Å². The molecule has 1 heterocycles. The van der Waals surface area contributed by atoms with Crippen LogP contribution in [-0.4, -0.2) is 28.8 Å². The van der Waals surface area contributed by atoms with Crippen molar-refractivity contribution >= 4 is 34.3 Å².